The van der Waals surface area contributed by atoms with Crippen LogP contribution in [0.4, 0.5) is 5.69 Å². The summed E-state index contributed by atoms with van der Waals surface area (Å²) in [6.07, 6.45) is 0. The molecule has 0 radical (unpaired) electrons. The molecule has 3 nitrogen and oxygen atoms in total. The van der Waals surface area contributed by atoms with E-state index in [0.29, 0.717) is 0 Å². The molecule has 0 aromatic heterocycles. The van der Waals surface area contributed by atoms with Gasteiger partial charge in [-0.05, 0) is 18.6 Å². The Balaban J connectivity index is 2.54. The van der Waals surface area contributed by atoms with E-state index in [1.807, 2.05) is 25.1 Å². The first-order valence-electron chi connectivity index (χ1n) is 3.85. The molecule has 62 valence electrons. The van der Waals surface area contributed by atoms with Crippen LogP contribution in [0.3, 0.4) is 0 Å². The summed E-state index contributed by atoms with van der Waals surface area (Å²) in [7, 11) is 0. The number of aryl methyl sites for hydroxylation is 1. The van der Waals surface area contributed by atoms with Gasteiger partial charge in [-0.3, -0.25) is 4.79 Å². The first-order valence-corrected chi connectivity index (χ1v) is 3.85. The predicted molar refractivity (Wildman–Crippen MR) is 46.7 cm³/mol. The van der Waals surface area contributed by atoms with Crippen LogP contribution in [-0.4, -0.2) is 5.91 Å². The molecule has 1 heterocycles. The van der Waals surface area contributed by atoms with E-state index in [2.05, 4.69) is 5.32 Å². The Bertz CT molecular complexity index is 346. The van der Waals surface area contributed by atoms with Gasteiger partial charge in [0.15, 0.2) is 0 Å². The van der Waals surface area contributed by atoms with Crippen molar-refractivity contribution in [1.29, 1.82) is 0 Å². The number of fused-ring (bicyclic) bond motifs is 1. The second-order valence-electron chi connectivity index (χ2n) is 3.06. The van der Waals surface area contributed by atoms with Crippen LogP contribution >= 0.6 is 0 Å². The lowest BCUT2D eigenvalue weighted by Crippen LogP contribution is -2.19. The summed E-state index contributed by atoms with van der Waals surface area (Å²) < 4.78 is 0. The van der Waals surface area contributed by atoms with Crippen LogP contribution in [0.2, 0.25) is 0 Å². The van der Waals surface area contributed by atoms with Gasteiger partial charge in [0.05, 0.1) is 0 Å². The molecule has 0 saturated heterocycles. The average molecular weight is 162 g/mol. The van der Waals surface area contributed by atoms with Crippen LogP contribution in [-0.2, 0) is 4.79 Å². The second kappa shape index (κ2) is 2.32. The summed E-state index contributed by atoms with van der Waals surface area (Å²) in [5, 5.41) is 2.72. The number of nitrogens with one attached hydrogen (secondary N) is 1. The molecule has 1 aliphatic rings. The summed E-state index contributed by atoms with van der Waals surface area (Å²) in [6.45, 7) is 1.98. The van der Waals surface area contributed by atoms with Crippen molar-refractivity contribution in [3.63, 3.8) is 0 Å². The molecule has 1 unspecified atom stereocenters. The predicted octanol–water partition coefficient (Wildman–Crippen LogP) is 0.947. The smallest absolute Gasteiger partial charge is 0.245 e. The number of nitrogens with two attached hydrogens (primary N) is 1. The number of hydrogen-bond donors (Lipinski definition) is 2. The quantitative estimate of drug-likeness (QED) is 0.596. The van der Waals surface area contributed by atoms with Crippen molar-refractivity contribution in [3.8, 4) is 0 Å². The van der Waals surface area contributed by atoms with E-state index in [-0.39, 0.29) is 5.91 Å². The van der Waals surface area contributed by atoms with Crippen LogP contribution in [0.5, 0.6) is 0 Å². The van der Waals surface area contributed by atoms with Gasteiger partial charge in [0.1, 0.15) is 6.04 Å². The lowest BCUT2D eigenvalue weighted by atomic mass is 10.1. The van der Waals surface area contributed by atoms with Crippen LogP contribution in [0, 0.1) is 6.92 Å². The molecule has 1 aromatic carbocycles. The van der Waals surface area contributed by atoms with Gasteiger partial charge < -0.3 is 11.1 Å². The lowest BCUT2D eigenvalue weighted by molar-refractivity contribution is -0.116. The van der Waals surface area contributed by atoms with E-state index in [4.69, 9.17) is 5.73 Å². The number of rotatable bonds is 0. The van der Waals surface area contributed by atoms with Crippen LogP contribution in [0.1, 0.15) is 17.2 Å². The van der Waals surface area contributed by atoms with Crippen molar-refractivity contribution in [1.82, 2.24) is 0 Å². The molecule has 12 heavy (non-hydrogen) atoms. The minimum absolute atomic E-state index is 0.115. The maximum Gasteiger partial charge on any atom is 0.245 e. The van der Waals surface area contributed by atoms with Gasteiger partial charge in [-0.25, -0.2) is 0 Å². The van der Waals surface area contributed by atoms with Crippen LogP contribution in [0.25, 0.3) is 0 Å². The van der Waals surface area contributed by atoms with Crippen LogP contribution < -0.4 is 11.1 Å². The van der Waals surface area contributed by atoms with E-state index in [1.54, 1.807) is 0 Å². The van der Waals surface area contributed by atoms with Crippen molar-refractivity contribution >= 4 is 11.6 Å². The Hall–Kier alpha value is -1.35. The fraction of sp³-hybridized carbons (Fsp3) is 0.222. The number of hydrogen-bond acceptors (Lipinski definition) is 2. The molecule has 1 atom stereocenters. The summed E-state index contributed by atoms with van der Waals surface area (Å²) in [4.78, 5) is 11.1. The third kappa shape index (κ3) is 0.905. The van der Waals surface area contributed by atoms with Gasteiger partial charge in [0.25, 0.3) is 0 Å². The van der Waals surface area contributed by atoms with Crippen molar-refractivity contribution in [2.45, 2.75) is 13.0 Å². The Morgan fingerprint density at radius 3 is 3.00 bits per heavy atom. The maximum atomic E-state index is 11.1. The van der Waals surface area contributed by atoms with Gasteiger partial charge in [0.2, 0.25) is 5.91 Å². The molecular weight excluding hydrogens is 152 g/mol. The lowest BCUT2D eigenvalue weighted by Gasteiger charge is -2.00. The number of amides is 1. The third-order valence-electron chi connectivity index (χ3n) is 2.08. The minimum atomic E-state index is -0.486. The van der Waals surface area contributed by atoms with E-state index in [9.17, 15) is 4.79 Å². The number of carbonyl (C=O) groups excluding carboxylic acids is 1. The van der Waals surface area contributed by atoms with Gasteiger partial charge in [-0.1, -0.05) is 12.1 Å². The number of anilines is 1. The molecule has 2 rings (SSSR count). The van der Waals surface area contributed by atoms with Crippen molar-refractivity contribution in [3.05, 3.63) is 29.3 Å². The van der Waals surface area contributed by atoms with E-state index in [0.717, 1.165) is 16.8 Å². The topological polar surface area (TPSA) is 55.1 Å². The van der Waals surface area contributed by atoms with E-state index in [1.165, 1.54) is 0 Å². The average Bonchev–Trinajstić information content (AvgIpc) is 2.28. The Kier molecular flexibility index (Phi) is 1.41. The fourth-order valence-electron chi connectivity index (χ4n) is 1.40. The maximum absolute atomic E-state index is 11.1. The first-order chi connectivity index (χ1) is 5.68. The highest BCUT2D eigenvalue weighted by atomic mass is 16.2. The molecule has 0 bridgehead atoms. The van der Waals surface area contributed by atoms with Gasteiger partial charge in [-0.15, -0.1) is 0 Å². The van der Waals surface area contributed by atoms with Gasteiger partial charge >= 0.3 is 0 Å². The molecule has 0 saturated carbocycles. The zero-order valence-electron chi connectivity index (χ0n) is 6.79. The summed E-state index contributed by atoms with van der Waals surface area (Å²) in [5.74, 6) is -0.115. The largest absolute Gasteiger partial charge is 0.324 e. The minimum Gasteiger partial charge on any atom is -0.324 e. The molecule has 1 aromatic rings. The standard InChI is InChI=1S/C9H10N2O/c1-5-2-3-6-7(4-5)11-9(12)8(6)10/h2-4,8H,10H2,1H3,(H,11,12). The number of carbonyl (C=O) groups is 1. The zero-order chi connectivity index (χ0) is 8.72. The van der Waals surface area contributed by atoms with Crippen molar-refractivity contribution in [2.75, 3.05) is 5.32 Å². The Labute approximate surface area is 70.6 Å². The first kappa shape index (κ1) is 7.31. The molecule has 0 aliphatic carbocycles. The highest BCUT2D eigenvalue weighted by Gasteiger charge is 2.26. The van der Waals surface area contributed by atoms with Crippen molar-refractivity contribution in [2.24, 2.45) is 5.73 Å². The van der Waals surface area contributed by atoms with Gasteiger partial charge in [0, 0.05) is 11.3 Å². The zero-order valence-corrected chi connectivity index (χ0v) is 6.79. The van der Waals surface area contributed by atoms with Gasteiger partial charge in [-0.2, -0.15) is 0 Å². The SMILES string of the molecule is Cc1ccc2c(c1)NC(=O)C2N. The monoisotopic (exact) mass is 162 g/mol. The molecule has 0 fully saturated rings. The molecule has 0 spiro atoms. The highest BCUT2D eigenvalue weighted by Crippen LogP contribution is 2.29. The van der Waals surface area contributed by atoms with Crippen molar-refractivity contribution < 1.29 is 4.79 Å². The summed E-state index contributed by atoms with van der Waals surface area (Å²) in [6, 6.07) is 5.30. The highest BCUT2D eigenvalue weighted by molar-refractivity contribution is 6.02. The van der Waals surface area contributed by atoms with Crippen LogP contribution in [0.15, 0.2) is 18.2 Å². The Morgan fingerprint density at radius 2 is 2.25 bits per heavy atom. The normalized spacial score (nSPS) is 20.5. The summed E-state index contributed by atoms with van der Waals surface area (Å²) >= 11 is 0. The molecule has 1 amide bonds. The van der Waals surface area contributed by atoms with E-state index >= 15 is 0 Å². The fourth-order valence-corrected chi connectivity index (χ4v) is 1.40. The third-order valence-corrected chi connectivity index (χ3v) is 2.08. The second-order valence-corrected chi connectivity index (χ2v) is 3.06. The van der Waals surface area contributed by atoms with E-state index < -0.39 is 6.04 Å². The number of benzene rings is 1. The Morgan fingerprint density at radius 1 is 1.50 bits per heavy atom. The molecule has 3 heteroatoms. The molecule has 3 N–H and O–H groups in total. The molecular formula is C9H10N2O. The molecule has 1 aliphatic heterocycles. The summed E-state index contributed by atoms with van der Waals surface area (Å²) in [5.41, 5.74) is 8.50.